The molecule has 4 heteroatoms. The summed E-state index contributed by atoms with van der Waals surface area (Å²) in [6, 6.07) is 2.20. The normalized spacial score (nSPS) is 18.8. The van der Waals surface area contributed by atoms with Crippen LogP contribution in [0.15, 0.2) is 11.4 Å². The van der Waals surface area contributed by atoms with Gasteiger partial charge in [0.15, 0.2) is 0 Å². The Balaban J connectivity index is 2.09. The first-order valence-electron chi connectivity index (χ1n) is 7.10. The molecule has 1 aliphatic rings. The lowest BCUT2D eigenvalue weighted by Crippen LogP contribution is -2.37. The van der Waals surface area contributed by atoms with E-state index in [0.29, 0.717) is 6.04 Å². The fourth-order valence-electron chi connectivity index (χ4n) is 2.73. The predicted octanol–water partition coefficient (Wildman–Crippen LogP) is 3.58. The number of carbonyl (C=O) groups is 1. The Kier molecular flexibility index (Phi) is 5.40. The SMILES string of the molecule is COC(=O)C(NC1CCCCCC1)c1sccc1C. The molecular weight excluding hydrogens is 258 g/mol. The minimum Gasteiger partial charge on any atom is -0.468 e. The zero-order valence-electron chi connectivity index (χ0n) is 11.8. The van der Waals surface area contributed by atoms with Crippen molar-refractivity contribution in [1.29, 1.82) is 0 Å². The number of esters is 1. The Morgan fingerprint density at radius 3 is 2.58 bits per heavy atom. The molecule has 19 heavy (non-hydrogen) atoms. The van der Waals surface area contributed by atoms with E-state index in [1.807, 2.05) is 5.38 Å². The van der Waals surface area contributed by atoms with E-state index < -0.39 is 0 Å². The summed E-state index contributed by atoms with van der Waals surface area (Å²) in [5.74, 6) is -0.171. The van der Waals surface area contributed by atoms with Gasteiger partial charge in [0.25, 0.3) is 0 Å². The first kappa shape index (κ1) is 14.5. The minimum absolute atomic E-state index is 0.171. The maximum absolute atomic E-state index is 12.0. The molecule has 0 aromatic carbocycles. The van der Waals surface area contributed by atoms with Gasteiger partial charge >= 0.3 is 5.97 Å². The fourth-order valence-corrected chi connectivity index (χ4v) is 3.70. The zero-order valence-corrected chi connectivity index (χ0v) is 12.6. The van der Waals surface area contributed by atoms with Crippen molar-refractivity contribution < 1.29 is 9.53 Å². The third-order valence-corrected chi connectivity index (χ3v) is 4.94. The molecule has 0 spiro atoms. The van der Waals surface area contributed by atoms with Crippen molar-refractivity contribution >= 4 is 17.3 Å². The van der Waals surface area contributed by atoms with E-state index in [0.717, 1.165) is 17.7 Å². The van der Waals surface area contributed by atoms with Crippen molar-refractivity contribution in [2.75, 3.05) is 7.11 Å². The zero-order chi connectivity index (χ0) is 13.7. The van der Waals surface area contributed by atoms with E-state index in [1.54, 1.807) is 11.3 Å². The Morgan fingerprint density at radius 2 is 2.05 bits per heavy atom. The summed E-state index contributed by atoms with van der Waals surface area (Å²) in [6.07, 6.45) is 7.48. The molecule has 1 saturated carbocycles. The van der Waals surface area contributed by atoms with Crippen molar-refractivity contribution in [3.05, 3.63) is 21.9 Å². The summed E-state index contributed by atoms with van der Waals surface area (Å²) >= 11 is 1.63. The number of hydrogen-bond acceptors (Lipinski definition) is 4. The van der Waals surface area contributed by atoms with Crippen molar-refractivity contribution in [3.8, 4) is 0 Å². The number of carbonyl (C=O) groups excluding carboxylic acids is 1. The van der Waals surface area contributed by atoms with Crippen molar-refractivity contribution in [2.45, 2.75) is 57.5 Å². The number of nitrogens with one attached hydrogen (secondary N) is 1. The Labute approximate surface area is 119 Å². The van der Waals surface area contributed by atoms with Gasteiger partial charge in [-0.25, -0.2) is 4.79 Å². The highest BCUT2D eigenvalue weighted by Gasteiger charge is 2.27. The largest absolute Gasteiger partial charge is 0.468 e. The summed E-state index contributed by atoms with van der Waals surface area (Å²) < 4.78 is 4.97. The molecule has 1 atom stereocenters. The highest BCUT2D eigenvalue weighted by molar-refractivity contribution is 7.10. The van der Waals surface area contributed by atoms with Gasteiger partial charge in [0.1, 0.15) is 6.04 Å². The first-order valence-corrected chi connectivity index (χ1v) is 7.98. The maximum atomic E-state index is 12.0. The average molecular weight is 281 g/mol. The molecule has 0 radical (unpaired) electrons. The number of rotatable bonds is 4. The van der Waals surface area contributed by atoms with Crippen LogP contribution in [0, 0.1) is 6.92 Å². The van der Waals surface area contributed by atoms with E-state index in [4.69, 9.17) is 4.74 Å². The van der Waals surface area contributed by atoms with E-state index in [1.165, 1.54) is 38.4 Å². The van der Waals surface area contributed by atoms with E-state index in [-0.39, 0.29) is 12.0 Å². The molecular formula is C15H23NO2S. The number of methoxy groups -OCH3 is 1. The van der Waals surface area contributed by atoms with Crippen LogP contribution in [0.25, 0.3) is 0 Å². The van der Waals surface area contributed by atoms with Crippen LogP contribution in [0.5, 0.6) is 0 Å². The Hall–Kier alpha value is -0.870. The molecule has 1 aromatic rings. The molecule has 0 aliphatic heterocycles. The molecule has 1 aromatic heterocycles. The third kappa shape index (κ3) is 3.80. The minimum atomic E-state index is -0.298. The van der Waals surface area contributed by atoms with E-state index in [9.17, 15) is 4.79 Å². The monoisotopic (exact) mass is 281 g/mol. The Morgan fingerprint density at radius 1 is 1.37 bits per heavy atom. The van der Waals surface area contributed by atoms with Gasteiger partial charge in [-0.1, -0.05) is 25.7 Å². The van der Waals surface area contributed by atoms with Crippen LogP contribution in [-0.2, 0) is 9.53 Å². The maximum Gasteiger partial charge on any atom is 0.328 e. The summed E-state index contributed by atoms with van der Waals surface area (Å²) in [4.78, 5) is 13.1. The molecule has 3 nitrogen and oxygen atoms in total. The second-order valence-corrected chi connectivity index (χ2v) is 6.23. The van der Waals surface area contributed by atoms with Gasteiger partial charge in [-0.2, -0.15) is 0 Å². The Bertz CT molecular complexity index is 408. The standard InChI is InChI=1S/C15H23NO2S/c1-11-9-10-19-14(11)13(15(17)18-2)16-12-7-5-3-4-6-8-12/h9-10,12-13,16H,3-8H2,1-2H3. The van der Waals surface area contributed by atoms with E-state index in [2.05, 4.69) is 18.3 Å². The van der Waals surface area contributed by atoms with Crippen molar-refractivity contribution in [2.24, 2.45) is 0 Å². The summed E-state index contributed by atoms with van der Waals surface area (Å²) in [5, 5.41) is 5.56. The molecule has 1 heterocycles. The number of ether oxygens (including phenoxy) is 1. The van der Waals surface area contributed by atoms with Crippen LogP contribution >= 0.6 is 11.3 Å². The lowest BCUT2D eigenvalue weighted by Gasteiger charge is -2.23. The van der Waals surface area contributed by atoms with Crippen LogP contribution in [-0.4, -0.2) is 19.1 Å². The number of thiophene rings is 1. The van der Waals surface area contributed by atoms with Gasteiger partial charge in [-0.3, -0.25) is 5.32 Å². The molecule has 1 unspecified atom stereocenters. The molecule has 0 amide bonds. The quantitative estimate of drug-likeness (QED) is 0.677. The topological polar surface area (TPSA) is 38.3 Å². The molecule has 1 fully saturated rings. The highest BCUT2D eigenvalue weighted by Crippen LogP contribution is 2.27. The smallest absolute Gasteiger partial charge is 0.328 e. The van der Waals surface area contributed by atoms with Crippen LogP contribution < -0.4 is 5.32 Å². The van der Waals surface area contributed by atoms with Crippen LogP contribution in [0.3, 0.4) is 0 Å². The molecule has 2 rings (SSSR count). The second kappa shape index (κ2) is 7.06. The van der Waals surface area contributed by atoms with Crippen molar-refractivity contribution in [3.63, 3.8) is 0 Å². The highest BCUT2D eigenvalue weighted by atomic mass is 32.1. The van der Waals surface area contributed by atoms with Gasteiger partial charge in [-0.15, -0.1) is 11.3 Å². The van der Waals surface area contributed by atoms with Crippen LogP contribution in [0.2, 0.25) is 0 Å². The molecule has 0 saturated heterocycles. The van der Waals surface area contributed by atoms with Crippen LogP contribution in [0.1, 0.15) is 55.0 Å². The van der Waals surface area contributed by atoms with Crippen LogP contribution in [0.4, 0.5) is 0 Å². The molecule has 106 valence electrons. The second-order valence-electron chi connectivity index (χ2n) is 5.28. The number of aryl methyl sites for hydroxylation is 1. The summed E-state index contributed by atoms with van der Waals surface area (Å²) in [6.45, 7) is 2.05. The van der Waals surface area contributed by atoms with Gasteiger partial charge in [0, 0.05) is 10.9 Å². The number of hydrogen-bond donors (Lipinski definition) is 1. The fraction of sp³-hybridized carbons (Fsp3) is 0.667. The van der Waals surface area contributed by atoms with Gasteiger partial charge in [0.2, 0.25) is 0 Å². The lowest BCUT2D eigenvalue weighted by atomic mass is 10.1. The summed E-state index contributed by atoms with van der Waals surface area (Å²) in [5.41, 5.74) is 1.17. The third-order valence-electron chi connectivity index (χ3n) is 3.86. The lowest BCUT2D eigenvalue weighted by molar-refractivity contribution is -0.143. The van der Waals surface area contributed by atoms with E-state index >= 15 is 0 Å². The predicted molar refractivity (Wildman–Crippen MR) is 78.4 cm³/mol. The molecule has 1 N–H and O–H groups in total. The van der Waals surface area contributed by atoms with Gasteiger partial charge in [-0.05, 0) is 36.8 Å². The average Bonchev–Trinajstić information content (AvgIpc) is 2.68. The molecule has 1 aliphatic carbocycles. The first-order chi connectivity index (χ1) is 9.22. The molecule has 0 bridgehead atoms. The van der Waals surface area contributed by atoms with Gasteiger partial charge in [0.05, 0.1) is 7.11 Å². The van der Waals surface area contributed by atoms with Crippen molar-refractivity contribution in [1.82, 2.24) is 5.32 Å². The summed E-state index contributed by atoms with van der Waals surface area (Å²) in [7, 11) is 1.47. The van der Waals surface area contributed by atoms with Gasteiger partial charge < -0.3 is 4.74 Å².